The van der Waals surface area contributed by atoms with E-state index in [9.17, 15) is 9.90 Å². The third-order valence-electron chi connectivity index (χ3n) is 3.15. The van der Waals surface area contributed by atoms with Crippen LogP contribution < -0.4 is 0 Å². The molecule has 0 fully saturated rings. The lowest BCUT2D eigenvalue weighted by Gasteiger charge is -2.28. The molecule has 0 aromatic heterocycles. The Morgan fingerprint density at radius 3 is 2.80 bits per heavy atom. The molecule has 1 aliphatic carbocycles. The molecule has 0 heterocycles. The molecule has 0 amide bonds. The van der Waals surface area contributed by atoms with E-state index in [1.807, 2.05) is 6.92 Å². The van der Waals surface area contributed by atoms with Crippen LogP contribution in [-0.2, 0) is 9.53 Å². The maximum Gasteiger partial charge on any atom is 0.311 e. The zero-order valence-corrected chi connectivity index (χ0v) is 9.48. The molecule has 0 aromatic carbocycles. The van der Waals surface area contributed by atoms with Gasteiger partial charge in [-0.25, -0.2) is 0 Å². The fourth-order valence-electron chi connectivity index (χ4n) is 2.15. The Morgan fingerprint density at radius 1 is 1.60 bits per heavy atom. The average molecular weight is 212 g/mol. The van der Waals surface area contributed by atoms with E-state index >= 15 is 0 Å². The minimum Gasteiger partial charge on any atom is -0.469 e. The van der Waals surface area contributed by atoms with Gasteiger partial charge in [-0.3, -0.25) is 4.79 Å². The van der Waals surface area contributed by atoms with Crippen LogP contribution in [0.4, 0.5) is 0 Å². The van der Waals surface area contributed by atoms with Crippen LogP contribution in [0.2, 0.25) is 0 Å². The van der Waals surface area contributed by atoms with Crippen molar-refractivity contribution in [1.82, 2.24) is 0 Å². The normalized spacial score (nSPS) is 24.6. The highest BCUT2D eigenvalue weighted by Gasteiger charge is 2.31. The topological polar surface area (TPSA) is 46.5 Å². The molecule has 0 saturated heterocycles. The van der Waals surface area contributed by atoms with E-state index in [2.05, 4.69) is 12.2 Å². The third-order valence-corrected chi connectivity index (χ3v) is 3.15. The number of carbonyl (C=O) groups excluding carboxylic acids is 1. The highest BCUT2D eigenvalue weighted by molar-refractivity contribution is 5.72. The lowest BCUT2D eigenvalue weighted by atomic mass is 9.82. The Hall–Kier alpha value is -0.830. The van der Waals surface area contributed by atoms with E-state index in [4.69, 9.17) is 4.74 Å². The van der Waals surface area contributed by atoms with Gasteiger partial charge in [0.25, 0.3) is 0 Å². The lowest BCUT2D eigenvalue weighted by molar-refractivity contribution is -0.151. The summed E-state index contributed by atoms with van der Waals surface area (Å²) < 4.78 is 4.70. The van der Waals surface area contributed by atoms with Gasteiger partial charge < -0.3 is 9.84 Å². The first-order chi connectivity index (χ1) is 7.20. The predicted molar refractivity (Wildman–Crippen MR) is 58.3 cm³/mol. The molecule has 1 rings (SSSR count). The summed E-state index contributed by atoms with van der Waals surface area (Å²) in [7, 11) is 1.37. The van der Waals surface area contributed by atoms with E-state index in [0.29, 0.717) is 6.42 Å². The van der Waals surface area contributed by atoms with Crippen LogP contribution >= 0.6 is 0 Å². The van der Waals surface area contributed by atoms with Crippen LogP contribution in [0, 0.1) is 11.8 Å². The second kappa shape index (κ2) is 5.91. The van der Waals surface area contributed by atoms with Crippen molar-refractivity contribution in [1.29, 1.82) is 0 Å². The third kappa shape index (κ3) is 3.06. The summed E-state index contributed by atoms with van der Waals surface area (Å²) >= 11 is 0. The number of aliphatic hydroxyl groups excluding tert-OH is 1. The largest absolute Gasteiger partial charge is 0.469 e. The maximum atomic E-state index is 11.4. The van der Waals surface area contributed by atoms with E-state index in [-0.39, 0.29) is 17.8 Å². The Bertz CT molecular complexity index is 235. The van der Waals surface area contributed by atoms with Gasteiger partial charge in [-0.15, -0.1) is 0 Å². The number of hydrogen-bond donors (Lipinski definition) is 1. The van der Waals surface area contributed by atoms with Gasteiger partial charge in [-0.1, -0.05) is 19.1 Å². The number of allylic oxidation sites excluding steroid dienone is 2. The van der Waals surface area contributed by atoms with Crippen LogP contribution in [-0.4, -0.2) is 24.3 Å². The minimum absolute atomic E-state index is 0.207. The summed E-state index contributed by atoms with van der Waals surface area (Å²) in [5.74, 6) is -0.454. The van der Waals surface area contributed by atoms with E-state index < -0.39 is 6.10 Å². The van der Waals surface area contributed by atoms with Crippen molar-refractivity contribution >= 4 is 5.97 Å². The second-order valence-electron chi connectivity index (χ2n) is 4.07. The molecule has 3 heteroatoms. The molecule has 15 heavy (non-hydrogen) atoms. The molecule has 3 nitrogen and oxygen atoms in total. The average Bonchev–Trinajstić information content (AvgIpc) is 2.30. The number of esters is 1. The van der Waals surface area contributed by atoms with Gasteiger partial charge in [0.05, 0.1) is 19.1 Å². The summed E-state index contributed by atoms with van der Waals surface area (Å²) in [6.07, 6.45) is 7.11. The maximum absolute atomic E-state index is 11.4. The first kappa shape index (κ1) is 12.2. The molecule has 0 spiro atoms. The number of methoxy groups -OCH3 is 1. The second-order valence-corrected chi connectivity index (χ2v) is 4.07. The van der Waals surface area contributed by atoms with E-state index in [0.717, 1.165) is 19.3 Å². The van der Waals surface area contributed by atoms with Crippen molar-refractivity contribution in [2.24, 2.45) is 11.8 Å². The highest BCUT2D eigenvalue weighted by Crippen LogP contribution is 2.27. The first-order valence-electron chi connectivity index (χ1n) is 5.61. The van der Waals surface area contributed by atoms with E-state index in [1.165, 1.54) is 7.11 Å². The Kier molecular flexibility index (Phi) is 4.82. The molecule has 0 radical (unpaired) electrons. The van der Waals surface area contributed by atoms with Gasteiger partial charge in [0, 0.05) is 0 Å². The number of carbonyl (C=O) groups is 1. The Balaban J connectivity index is 2.59. The molecule has 0 bridgehead atoms. The summed E-state index contributed by atoms with van der Waals surface area (Å²) in [4.78, 5) is 11.4. The molecular weight excluding hydrogens is 192 g/mol. The van der Waals surface area contributed by atoms with Crippen LogP contribution in [0.5, 0.6) is 0 Å². The van der Waals surface area contributed by atoms with Gasteiger partial charge in [0.1, 0.15) is 0 Å². The van der Waals surface area contributed by atoms with Crippen LogP contribution in [0.25, 0.3) is 0 Å². The highest BCUT2D eigenvalue weighted by atomic mass is 16.5. The van der Waals surface area contributed by atoms with Gasteiger partial charge in [0.15, 0.2) is 0 Å². The lowest BCUT2D eigenvalue weighted by Crippen LogP contribution is -2.35. The van der Waals surface area contributed by atoms with Crippen molar-refractivity contribution in [3.63, 3.8) is 0 Å². The van der Waals surface area contributed by atoms with Gasteiger partial charge in [-0.2, -0.15) is 0 Å². The smallest absolute Gasteiger partial charge is 0.311 e. The van der Waals surface area contributed by atoms with Crippen molar-refractivity contribution in [3.8, 4) is 0 Å². The summed E-state index contributed by atoms with van der Waals surface area (Å²) in [6, 6.07) is 0. The van der Waals surface area contributed by atoms with Crippen molar-refractivity contribution in [2.75, 3.05) is 7.11 Å². The Labute approximate surface area is 91.1 Å². The monoisotopic (exact) mass is 212 g/mol. The summed E-state index contributed by atoms with van der Waals surface area (Å²) in [5.41, 5.74) is 0. The minimum atomic E-state index is -0.563. The molecular formula is C12H20O3. The quantitative estimate of drug-likeness (QED) is 0.572. The number of rotatable bonds is 4. The number of hydrogen-bond acceptors (Lipinski definition) is 3. The molecule has 0 saturated carbocycles. The van der Waals surface area contributed by atoms with Gasteiger partial charge in [0.2, 0.25) is 0 Å². The molecule has 86 valence electrons. The Morgan fingerprint density at radius 2 is 2.33 bits per heavy atom. The molecule has 3 unspecified atom stereocenters. The van der Waals surface area contributed by atoms with Crippen LogP contribution in [0.15, 0.2) is 12.2 Å². The summed E-state index contributed by atoms with van der Waals surface area (Å²) in [5, 5.41) is 10.1. The zero-order chi connectivity index (χ0) is 11.3. The van der Waals surface area contributed by atoms with E-state index in [1.54, 1.807) is 0 Å². The fourth-order valence-corrected chi connectivity index (χ4v) is 2.15. The van der Waals surface area contributed by atoms with Gasteiger partial charge in [-0.05, 0) is 31.6 Å². The zero-order valence-electron chi connectivity index (χ0n) is 9.48. The van der Waals surface area contributed by atoms with Crippen molar-refractivity contribution in [3.05, 3.63) is 12.2 Å². The van der Waals surface area contributed by atoms with Crippen LogP contribution in [0.3, 0.4) is 0 Å². The molecule has 3 atom stereocenters. The fraction of sp³-hybridized carbons (Fsp3) is 0.750. The number of aliphatic hydroxyl groups is 1. The van der Waals surface area contributed by atoms with Crippen molar-refractivity contribution < 1.29 is 14.6 Å². The predicted octanol–water partition coefficient (Wildman–Crippen LogP) is 1.90. The molecule has 1 aliphatic rings. The molecule has 0 aromatic rings. The molecule has 1 N–H and O–H groups in total. The molecule has 0 aliphatic heterocycles. The van der Waals surface area contributed by atoms with Crippen molar-refractivity contribution in [2.45, 2.75) is 38.7 Å². The first-order valence-corrected chi connectivity index (χ1v) is 5.61. The summed E-state index contributed by atoms with van der Waals surface area (Å²) in [6.45, 7) is 1.91. The standard InChI is InChI=1S/C12H20O3/c1-3-10(12(14)15-2)11(13)9-7-5-4-6-8-9/h4-5,9-11,13H,3,6-8H2,1-2H3. The number of ether oxygens (including phenoxy) is 1. The van der Waals surface area contributed by atoms with Crippen LogP contribution in [0.1, 0.15) is 32.6 Å². The SMILES string of the molecule is CCC(C(=O)OC)C(O)C1CC=CCC1. The van der Waals surface area contributed by atoms with Gasteiger partial charge >= 0.3 is 5.97 Å².